The van der Waals surface area contributed by atoms with Gasteiger partial charge in [0, 0.05) is 4.90 Å². The van der Waals surface area contributed by atoms with E-state index in [2.05, 4.69) is 58.7 Å². The number of rotatable bonds is 8. The molecule has 1 atom stereocenters. The van der Waals surface area contributed by atoms with E-state index in [-0.39, 0.29) is 0 Å². The first kappa shape index (κ1) is 17.1. The van der Waals surface area contributed by atoms with E-state index in [0.29, 0.717) is 0 Å². The third kappa shape index (κ3) is 6.97. The SMILES string of the molecule is CC(C)CCC[C@H](C)CCSc1cc(Br)sc1Br. The fraction of sp³-hybridized carbons (Fsp3) is 0.714. The van der Waals surface area contributed by atoms with Gasteiger partial charge in [0.15, 0.2) is 0 Å². The quantitative estimate of drug-likeness (QED) is 0.405. The Morgan fingerprint density at radius 1 is 1.17 bits per heavy atom. The number of thioether (sulfide) groups is 1. The van der Waals surface area contributed by atoms with Crippen LogP contribution >= 0.6 is 55.0 Å². The highest BCUT2D eigenvalue weighted by molar-refractivity contribution is 9.12. The van der Waals surface area contributed by atoms with Crippen molar-refractivity contribution in [3.8, 4) is 0 Å². The second kappa shape index (κ2) is 9.04. The maximum atomic E-state index is 3.61. The summed E-state index contributed by atoms with van der Waals surface area (Å²) in [5.41, 5.74) is 0. The maximum absolute atomic E-state index is 3.61. The van der Waals surface area contributed by atoms with Crippen LogP contribution in [-0.4, -0.2) is 5.75 Å². The average molecular weight is 414 g/mol. The molecule has 0 amide bonds. The molecule has 0 fully saturated rings. The van der Waals surface area contributed by atoms with Crippen molar-refractivity contribution in [2.75, 3.05) is 5.75 Å². The van der Waals surface area contributed by atoms with Gasteiger partial charge in [0.25, 0.3) is 0 Å². The lowest BCUT2D eigenvalue weighted by Gasteiger charge is -2.11. The molecule has 4 heteroatoms. The minimum Gasteiger partial charge on any atom is -0.124 e. The Labute approximate surface area is 137 Å². The van der Waals surface area contributed by atoms with Gasteiger partial charge in [-0.15, -0.1) is 23.1 Å². The Bertz CT molecular complexity index is 348. The van der Waals surface area contributed by atoms with Gasteiger partial charge in [-0.25, -0.2) is 0 Å². The van der Waals surface area contributed by atoms with E-state index >= 15 is 0 Å². The lowest BCUT2D eigenvalue weighted by Crippen LogP contribution is -1.98. The van der Waals surface area contributed by atoms with Crippen LogP contribution in [0.5, 0.6) is 0 Å². The van der Waals surface area contributed by atoms with Crippen molar-refractivity contribution in [3.63, 3.8) is 0 Å². The molecule has 0 saturated heterocycles. The van der Waals surface area contributed by atoms with Gasteiger partial charge in [-0.05, 0) is 61.9 Å². The lowest BCUT2D eigenvalue weighted by molar-refractivity contribution is 0.451. The monoisotopic (exact) mass is 412 g/mol. The summed E-state index contributed by atoms with van der Waals surface area (Å²) < 4.78 is 2.47. The van der Waals surface area contributed by atoms with E-state index in [1.807, 2.05) is 11.8 Å². The summed E-state index contributed by atoms with van der Waals surface area (Å²) >= 11 is 10.9. The normalized spacial score (nSPS) is 13.2. The predicted molar refractivity (Wildman–Crippen MR) is 92.9 cm³/mol. The van der Waals surface area contributed by atoms with Gasteiger partial charge >= 0.3 is 0 Å². The third-order valence-electron chi connectivity index (χ3n) is 2.97. The first-order chi connectivity index (χ1) is 8.49. The van der Waals surface area contributed by atoms with Crippen LogP contribution in [0, 0.1) is 11.8 Å². The van der Waals surface area contributed by atoms with Crippen molar-refractivity contribution in [1.82, 2.24) is 0 Å². The Morgan fingerprint density at radius 3 is 2.44 bits per heavy atom. The molecule has 0 bridgehead atoms. The van der Waals surface area contributed by atoms with Crippen LogP contribution in [-0.2, 0) is 0 Å². The predicted octanol–water partition coefficient (Wildman–Crippen LogP) is 7.22. The topological polar surface area (TPSA) is 0 Å². The van der Waals surface area contributed by atoms with E-state index in [1.54, 1.807) is 11.3 Å². The summed E-state index contributed by atoms with van der Waals surface area (Å²) in [7, 11) is 0. The van der Waals surface area contributed by atoms with Gasteiger partial charge in [-0.1, -0.05) is 40.0 Å². The highest BCUT2D eigenvalue weighted by Crippen LogP contribution is 2.38. The van der Waals surface area contributed by atoms with Gasteiger partial charge < -0.3 is 0 Å². The smallest absolute Gasteiger partial charge is 0.0846 e. The molecule has 0 spiro atoms. The van der Waals surface area contributed by atoms with Crippen molar-refractivity contribution in [3.05, 3.63) is 13.6 Å². The van der Waals surface area contributed by atoms with E-state index in [0.717, 1.165) is 11.8 Å². The first-order valence-electron chi connectivity index (χ1n) is 6.56. The fourth-order valence-corrected chi connectivity index (χ4v) is 6.25. The summed E-state index contributed by atoms with van der Waals surface area (Å²) in [5.74, 6) is 2.94. The van der Waals surface area contributed by atoms with Crippen LogP contribution < -0.4 is 0 Å². The Morgan fingerprint density at radius 2 is 1.89 bits per heavy atom. The van der Waals surface area contributed by atoms with Gasteiger partial charge in [0.05, 0.1) is 7.57 Å². The van der Waals surface area contributed by atoms with Crippen LogP contribution in [0.1, 0.15) is 46.5 Å². The summed E-state index contributed by atoms with van der Waals surface area (Å²) in [6, 6.07) is 2.21. The molecule has 0 radical (unpaired) electrons. The molecular formula is C14H22Br2S2. The minimum atomic E-state index is 0.852. The molecular weight excluding hydrogens is 392 g/mol. The van der Waals surface area contributed by atoms with E-state index in [1.165, 1.54) is 43.9 Å². The zero-order valence-corrected chi connectivity index (χ0v) is 16.1. The van der Waals surface area contributed by atoms with Gasteiger partial charge in [0.1, 0.15) is 0 Å². The van der Waals surface area contributed by atoms with E-state index in [9.17, 15) is 0 Å². The Balaban J connectivity index is 2.15. The van der Waals surface area contributed by atoms with Gasteiger partial charge in [-0.3, -0.25) is 0 Å². The van der Waals surface area contributed by atoms with Crippen molar-refractivity contribution in [2.45, 2.75) is 51.3 Å². The second-order valence-corrected chi connectivity index (χ2v) is 10.1. The molecule has 0 N–H and O–H groups in total. The minimum absolute atomic E-state index is 0.852. The molecule has 1 aromatic heterocycles. The molecule has 0 aliphatic carbocycles. The lowest BCUT2D eigenvalue weighted by atomic mass is 9.98. The van der Waals surface area contributed by atoms with Crippen molar-refractivity contribution >= 4 is 55.0 Å². The second-order valence-electron chi connectivity index (χ2n) is 5.26. The van der Waals surface area contributed by atoms with Crippen LogP contribution in [0.15, 0.2) is 18.5 Å². The molecule has 1 aromatic rings. The Kier molecular flexibility index (Phi) is 8.57. The highest BCUT2D eigenvalue weighted by atomic mass is 79.9. The molecule has 18 heavy (non-hydrogen) atoms. The number of halogens is 2. The fourth-order valence-electron chi connectivity index (χ4n) is 1.81. The number of hydrogen-bond acceptors (Lipinski definition) is 2. The molecule has 0 nitrogen and oxygen atoms in total. The Hall–Kier alpha value is 1.01. The van der Waals surface area contributed by atoms with E-state index < -0.39 is 0 Å². The van der Waals surface area contributed by atoms with Gasteiger partial charge in [0.2, 0.25) is 0 Å². The molecule has 0 saturated carbocycles. The molecule has 1 rings (SSSR count). The molecule has 0 aromatic carbocycles. The summed E-state index contributed by atoms with van der Waals surface area (Å²) in [6.07, 6.45) is 5.47. The van der Waals surface area contributed by atoms with Crippen LogP contribution in [0.3, 0.4) is 0 Å². The average Bonchev–Trinajstić information content (AvgIpc) is 2.57. The first-order valence-corrected chi connectivity index (χ1v) is 9.95. The van der Waals surface area contributed by atoms with E-state index in [4.69, 9.17) is 0 Å². The molecule has 0 unspecified atom stereocenters. The van der Waals surface area contributed by atoms with Crippen LogP contribution in [0.2, 0.25) is 0 Å². The van der Waals surface area contributed by atoms with Crippen molar-refractivity contribution in [1.29, 1.82) is 0 Å². The van der Waals surface area contributed by atoms with Crippen LogP contribution in [0.25, 0.3) is 0 Å². The molecule has 0 aliphatic rings. The van der Waals surface area contributed by atoms with Crippen molar-refractivity contribution in [2.24, 2.45) is 11.8 Å². The third-order valence-corrected chi connectivity index (χ3v) is 6.78. The number of thiophene rings is 1. The zero-order chi connectivity index (χ0) is 13.5. The zero-order valence-electron chi connectivity index (χ0n) is 11.3. The van der Waals surface area contributed by atoms with Crippen LogP contribution in [0.4, 0.5) is 0 Å². The number of hydrogen-bond donors (Lipinski definition) is 0. The summed E-state index contributed by atoms with van der Waals surface area (Å²) in [6.45, 7) is 7.01. The highest BCUT2D eigenvalue weighted by Gasteiger charge is 2.07. The standard InChI is InChI=1S/C14H22Br2S2/c1-10(2)5-4-6-11(3)7-8-17-12-9-13(15)18-14(12)16/h9-11H,4-8H2,1-3H3/t11-/m0/s1. The molecule has 0 aliphatic heterocycles. The molecule has 104 valence electrons. The van der Waals surface area contributed by atoms with Gasteiger partial charge in [-0.2, -0.15) is 0 Å². The molecule has 1 heterocycles. The summed E-state index contributed by atoms with van der Waals surface area (Å²) in [5, 5.41) is 0. The van der Waals surface area contributed by atoms with Crippen molar-refractivity contribution < 1.29 is 0 Å². The maximum Gasteiger partial charge on any atom is 0.0846 e. The summed E-state index contributed by atoms with van der Waals surface area (Å²) in [4.78, 5) is 1.38. The largest absolute Gasteiger partial charge is 0.124 e.